The average Bonchev–Trinajstić information content (AvgIpc) is 2.42. The Balaban J connectivity index is 2.11. The monoisotopic (exact) mass is 156 g/mol. The van der Waals surface area contributed by atoms with Gasteiger partial charge in [-0.25, -0.2) is 0 Å². The average molecular weight is 156 g/mol. The van der Waals surface area contributed by atoms with Crippen molar-refractivity contribution < 1.29 is 9.84 Å². The van der Waals surface area contributed by atoms with Crippen molar-refractivity contribution >= 4 is 6.34 Å². The summed E-state index contributed by atoms with van der Waals surface area (Å²) in [5, 5.41) is 12.7. The first-order valence-electron chi connectivity index (χ1n) is 3.79. The van der Waals surface area contributed by atoms with Gasteiger partial charge in [0.1, 0.15) is 6.04 Å². The van der Waals surface area contributed by atoms with E-state index in [1.54, 1.807) is 13.4 Å². The standard InChI is InChI=1S/C7H12N2O2/c1-11-5-2-6-7(10,3-5)9-4-8-6/h4-6,10H,2-3H2,1H3,(H,8,9). The highest BCUT2D eigenvalue weighted by molar-refractivity contribution is 5.59. The van der Waals surface area contributed by atoms with Crippen LogP contribution in [-0.2, 0) is 4.74 Å². The van der Waals surface area contributed by atoms with Crippen LogP contribution in [0.5, 0.6) is 0 Å². The third kappa shape index (κ3) is 0.937. The summed E-state index contributed by atoms with van der Waals surface area (Å²) in [7, 11) is 1.67. The van der Waals surface area contributed by atoms with E-state index in [0.29, 0.717) is 6.42 Å². The molecule has 0 aromatic heterocycles. The van der Waals surface area contributed by atoms with Gasteiger partial charge in [-0.1, -0.05) is 0 Å². The Kier molecular flexibility index (Phi) is 1.40. The highest BCUT2D eigenvalue weighted by Crippen LogP contribution is 2.33. The van der Waals surface area contributed by atoms with Gasteiger partial charge in [0, 0.05) is 20.0 Å². The van der Waals surface area contributed by atoms with E-state index >= 15 is 0 Å². The predicted octanol–water partition coefficient (Wildman–Crippen LogP) is -0.516. The van der Waals surface area contributed by atoms with Crippen LogP contribution >= 0.6 is 0 Å². The molecule has 1 saturated carbocycles. The van der Waals surface area contributed by atoms with Crippen LogP contribution in [0.3, 0.4) is 0 Å². The molecular formula is C7H12N2O2. The smallest absolute Gasteiger partial charge is 0.161 e. The van der Waals surface area contributed by atoms with Gasteiger partial charge in [0.25, 0.3) is 0 Å². The SMILES string of the molecule is COC1CC2N=CNC2(O)C1. The Hall–Kier alpha value is -0.610. The van der Waals surface area contributed by atoms with Crippen molar-refractivity contribution in [2.75, 3.05) is 7.11 Å². The van der Waals surface area contributed by atoms with Crippen LogP contribution < -0.4 is 5.32 Å². The van der Waals surface area contributed by atoms with Crippen molar-refractivity contribution in [3.8, 4) is 0 Å². The number of ether oxygens (including phenoxy) is 1. The van der Waals surface area contributed by atoms with E-state index in [4.69, 9.17) is 4.74 Å². The lowest BCUT2D eigenvalue weighted by Gasteiger charge is -2.20. The fourth-order valence-electron chi connectivity index (χ4n) is 1.77. The number of hydrogen-bond acceptors (Lipinski definition) is 4. The molecule has 1 fully saturated rings. The molecule has 11 heavy (non-hydrogen) atoms. The van der Waals surface area contributed by atoms with Gasteiger partial charge in [0.2, 0.25) is 0 Å². The quantitative estimate of drug-likeness (QED) is 0.537. The number of aliphatic hydroxyl groups is 1. The summed E-state index contributed by atoms with van der Waals surface area (Å²) in [6.07, 6.45) is 3.18. The molecule has 1 aliphatic heterocycles. The normalized spacial score (nSPS) is 47.5. The first-order valence-corrected chi connectivity index (χ1v) is 3.79. The van der Waals surface area contributed by atoms with E-state index in [1.165, 1.54) is 0 Å². The first kappa shape index (κ1) is 7.06. The van der Waals surface area contributed by atoms with Gasteiger partial charge in [-0.15, -0.1) is 0 Å². The molecule has 0 amide bonds. The molecule has 0 aromatic rings. The van der Waals surface area contributed by atoms with Crippen molar-refractivity contribution in [2.45, 2.75) is 30.7 Å². The maximum absolute atomic E-state index is 9.82. The molecule has 2 aliphatic rings. The maximum atomic E-state index is 9.82. The van der Waals surface area contributed by atoms with Crippen molar-refractivity contribution in [3.05, 3.63) is 0 Å². The molecular weight excluding hydrogens is 144 g/mol. The summed E-state index contributed by atoms with van der Waals surface area (Å²) in [5.41, 5.74) is -0.819. The van der Waals surface area contributed by atoms with Crippen LogP contribution in [0.4, 0.5) is 0 Å². The highest BCUT2D eigenvalue weighted by atomic mass is 16.5. The van der Waals surface area contributed by atoms with Crippen molar-refractivity contribution in [1.29, 1.82) is 0 Å². The van der Waals surface area contributed by atoms with Gasteiger partial charge >= 0.3 is 0 Å². The van der Waals surface area contributed by atoms with E-state index in [1.807, 2.05) is 0 Å². The number of hydrogen-bond donors (Lipinski definition) is 2. The van der Waals surface area contributed by atoms with Crippen molar-refractivity contribution in [1.82, 2.24) is 5.32 Å². The first-order chi connectivity index (χ1) is 5.24. The summed E-state index contributed by atoms with van der Waals surface area (Å²) in [4.78, 5) is 4.10. The number of rotatable bonds is 1. The van der Waals surface area contributed by atoms with E-state index in [9.17, 15) is 5.11 Å². The zero-order chi connectivity index (χ0) is 7.90. The lowest BCUT2D eigenvalue weighted by atomic mass is 10.1. The van der Waals surface area contributed by atoms with Gasteiger partial charge in [0.15, 0.2) is 5.72 Å². The lowest BCUT2D eigenvalue weighted by Crippen LogP contribution is -2.45. The van der Waals surface area contributed by atoms with Crippen molar-refractivity contribution in [2.24, 2.45) is 4.99 Å². The Morgan fingerprint density at radius 1 is 1.82 bits per heavy atom. The fraction of sp³-hybridized carbons (Fsp3) is 0.857. The molecule has 2 rings (SSSR count). The van der Waals surface area contributed by atoms with Crippen LogP contribution in [0, 0.1) is 0 Å². The molecule has 0 radical (unpaired) electrons. The summed E-state index contributed by atoms with van der Waals surface area (Å²) < 4.78 is 5.14. The molecule has 62 valence electrons. The Bertz CT molecular complexity index is 195. The number of fused-ring (bicyclic) bond motifs is 1. The molecule has 0 bridgehead atoms. The third-order valence-corrected chi connectivity index (χ3v) is 2.48. The topological polar surface area (TPSA) is 53.8 Å². The minimum atomic E-state index is -0.819. The van der Waals surface area contributed by atoms with Gasteiger partial charge < -0.3 is 15.2 Å². The zero-order valence-corrected chi connectivity index (χ0v) is 6.45. The maximum Gasteiger partial charge on any atom is 0.161 e. The van der Waals surface area contributed by atoms with Gasteiger partial charge in [-0.05, 0) is 0 Å². The Morgan fingerprint density at radius 2 is 2.64 bits per heavy atom. The summed E-state index contributed by atoms with van der Waals surface area (Å²) in [6, 6.07) is -0.00699. The zero-order valence-electron chi connectivity index (χ0n) is 6.45. The second kappa shape index (κ2) is 2.19. The van der Waals surface area contributed by atoms with Crippen LogP contribution in [0.1, 0.15) is 12.8 Å². The second-order valence-corrected chi connectivity index (χ2v) is 3.16. The van der Waals surface area contributed by atoms with Gasteiger partial charge in [-0.2, -0.15) is 0 Å². The molecule has 3 unspecified atom stereocenters. The molecule has 1 heterocycles. The molecule has 2 N–H and O–H groups in total. The molecule has 3 atom stereocenters. The van der Waals surface area contributed by atoms with Crippen LogP contribution in [0.25, 0.3) is 0 Å². The molecule has 0 aromatic carbocycles. The lowest BCUT2D eigenvalue weighted by molar-refractivity contribution is 0.00942. The predicted molar refractivity (Wildman–Crippen MR) is 40.4 cm³/mol. The minimum absolute atomic E-state index is 0.00699. The van der Waals surface area contributed by atoms with Crippen LogP contribution in [0.15, 0.2) is 4.99 Å². The van der Waals surface area contributed by atoms with E-state index in [0.717, 1.165) is 6.42 Å². The van der Waals surface area contributed by atoms with Crippen molar-refractivity contribution in [3.63, 3.8) is 0 Å². The van der Waals surface area contributed by atoms with Gasteiger partial charge in [0.05, 0.1) is 12.4 Å². The third-order valence-electron chi connectivity index (χ3n) is 2.48. The number of aliphatic imine (C=N–C) groups is 1. The number of methoxy groups -OCH3 is 1. The van der Waals surface area contributed by atoms with Gasteiger partial charge in [-0.3, -0.25) is 4.99 Å². The second-order valence-electron chi connectivity index (χ2n) is 3.16. The Labute approximate surface area is 65.3 Å². The highest BCUT2D eigenvalue weighted by Gasteiger charge is 2.48. The molecule has 4 heteroatoms. The van der Waals surface area contributed by atoms with E-state index in [2.05, 4.69) is 10.3 Å². The van der Waals surface area contributed by atoms with E-state index < -0.39 is 5.72 Å². The van der Waals surface area contributed by atoms with Crippen LogP contribution in [0.2, 0.25) is 0 Å². The van der Waals surface area contributed by atoms with E-state index in [-0.39, 0.29) is 12.1 Å². The molecule has 1 aliphatic carbocycles. The number of nitrogens with one attached hydrogen (secondary N) is 1. The molecule has 0 spiro atoms. The van der Waals surface area contributed by atoms with Crippen LogP contribution in [-0.4, -0.2) is 36.4 Å². The summed E-state index contributed by atoms with van der Waals surface area (Å²) in [5.74, 6) is 0. The molecule has 0 saturated heterocycles. The summed E-state index contributed by atoms with van der Waals surface area (Å²) >= 11 is 0. The molecule has 4 nitrogen and oxygen atoms in total. The number of nitrogens with zero attached hydrogens (tertiary/aromatic N) is 1. The fourth-order valence-corrected chi connectivity index (χ4v) is 1.77. The largest absolute Gasteiger partial charge is 0.381 e. The minimum Gasteiger partial charge on any atom is -0.381 e. The summed E-state index contributed by atoms with van der Waals surface area (Å²) in [6.45, 7) is 0. The Morgan fingerprint density at radius 3 is 3.27 bits per heavy atom.